The third-order valence-electron chi connectivity index (χ3n) is 2.77. The van der Waals surface area contributed by atoms with Crippen molar-refractivity contribution in [3.8, 4) is 0 Å². The molecule has 212 valence electrons. The van der Waals surface area contributed by atoms with Crippen molar-refractivity contribution < 1.29 is 83.9 Å². The molecular weight excluding hydrogens is 973 g/mol. The molecule has 0 aliphatic heterocycles. The molecule has 0 aromatic rings. The Bertz CT molecular complexity index is 321. The van der Waals surface area contributed by atoms with E-state index >= 15 is 0 Å². The van der Waals surface area contributed by atoms with E-state index in [1.807, 2.05) is 0 Å². The average molecular weight is 1020 g/mol. The van der Waals surface area contributed by atoms with Crippen molar-refractivity contribution in [3.05, 3.63) is 44.6 Å². The Kier molecular flexibility index (Phi) is 123. The van der Waals surface area contributed by atoms with E-state index in [4.69, 9.17) is 25.2 Å². The van der Waals surface area contributed by atoms with Gasteiger partial charge in [0.1, 0.15) is 0 Å². The van der Waals surface area contributed by atoms with Crippen molar-refractivity contribution in [1.82, 2.24) is 0 Å². The molecule has 0 unspecified atom stereocenters. The van der Waals surface area contributed by atoms with Gasteiger partial charge in [-0.1, -0.05) is 0 Å². The smallest absolute Gasteiger partial charge is 0 e. The van der Waals surface area contributed by atoms with Gasteiger partial charge in [-0.2, -0.15) is 0 Å². The van der Waals surface area contributed by atoms with Crippen LogP contribution < -0.4 is 11.5 Å². The van der Waals surface area contributed by atoms with Gasteiger partial charge < -0.3 is 97.8 Å². The van der Waals surface area contributed by atoms with Crippen LogP contribution in [0.1, 0.15) is 25.7 Å². The van der Waals surface area contributed by atoms with Crippen molar-refractivity contribution in [3.63, 3.8) is 0 Å². The summed E-state index contributed by atoms with van der Waals surface area (Å²) >= 11 is 5.00. The van der Waals surface area contributed by atoms with E-state index in [0.29, 0.717) is 38.8 Å². The molecule has 11 nitrogen and oxygen atoms in total. The Balaban J connectivity index is -0.0000000266. The maximum absolute atomic E-state index is 9.55. The summed E-state index contributed by atoms with van der Waals surface area (Å²) in [5.74, 6) is 0. The van der Waals surface area contributed by atoms with Crippen LogP contribution in [-0.4, -0.2) is 209 Å². The molecule has 0 fully saturated rings. The van der Waals surface area contributed by atoms with E-state index in [-0.39, 0.29) is 98.8 Å². The normalized spacial score (nSPS) is 8.94. The summed E-state index contributed by atoms with van der Waals surface area (Å²) < 4.78 is 13.0. The summed E-state index contributed by atoms with van der Waals surface area (Å²) in [6.45, 7) is 0.920. The molecule has 0 saturated heterocycles. The van der Waals surface area contributed by atoms with Crippen LogP contribution in [0.4, 0.5) is 0 Å². The molecule has 0 amide bonds. The van der Waals surface area contributed by atoms with Crippen LogP contribution >= 0.6 is 0 Å². The SMILES string of the molecule is CO[Si](O)(O)OC.NCCCC[Si](O)(O)O[Si](O)(O)CCCCN.[CH3-].[CH3-].[CH3-].[CH3-].[CH3-].[CH3-].[K][K].[K][K].[W].[W]. The second kappa shape index (κ2) is 55.5. The van der Waals surface area contributed by atoms with Gasteiger partial charge in [0.15, 0.2) is 0 Å². The van der Waals surface area contributed by atoms with Crippen LogP contribution in [0.2, 0.25) is 12.1 Å². The number of hydrogen-bond acceptors (Lipinski definition) is 11. The predicted octanol–water partition coefficient (Wildman–Crippen LogP) is -1.80. The third kappa shape index (κ3) is 69.0. The Morgan fingerprint density at radius 2 is 0.778 bits per heavy atom. The third-order valence-corrected chi connectivity index (χ3v) is 8.46. The molecule has 0 aliphatic carbocycles. The van der Waals surface area contributed by atoms with Gasteiger partial charge >= 0.3 is 153 Å². The van der Waals surface area contributed by atoms with E-state index in [1.165, 1.54) is 141 Å². The van der Waals surface area contributed by atoms with Gasteiger partial charge in [0.25, 0.3) is 0 Å². The molecule has 20 heteroatoms. The summed E-state index contributed by atoms with van der Waals surface area (Å²) in [4.78, 5) is 55.0. The molecule has 0 aliphatic rings. The first-order valence-corrected chi connectivity index (χ1v) is 47.2. The first kappa shape index (κ1) is 79.5. The Labute approximate surface area is 347 Å². The molecule has 0 aromatic heterocycles. The zero-order chi connectivity index (χ0) is 23.3. The van der Waals surface area contributed by atoms with Crippen LogP contribution in [0.25, 0.3) is 0 Å². The maximum atomic E-state index is 9.55. The fourth-order valence-corrected chi connectivity index (χ4v) is 5.94. The van der Waals surface area contributed by atoms with E-state index in [0.717, 1.165) is 0 Å². The summed E-state index contributed by atoms with van der Waals surface area (Å²) in [7, 11) is -9.22. The molecule has 36 heavy (non-hydrogen) atoms. The molecule has 0 spiro atoms. The zero-order valence-electron chi connectivity index (χ0n) is 25.0. The monoisotopic (exact) mass is 1020 g/mol. The minimum atomic E-state index is -3.96. The first-order chi connectivity index (χ1) is 12.9. The second-order valence-corrected chi connectivity index (χ2v) is 11.7. The van der Waals surface area contributed by atoms with Crippen molar-refractivity contribution in [1.29, 1.82) is 0 Å². The van der Waals surface area contributed by atoms with E-state index < -0.39 is 26.7 Å². The van der Waals surface area contributed by atoms with Gasteiger partial charge in [-0.15, -0.1) is 0 Å². The van der Waals surface area contributed by atoms with Crippen molar-refractivity contribution in [2.45, 2.75) is 37.8 Å². The summed E-state index contributed by atoms with van der Waals surface area (Å²) in [5, 5.41) is 0. The standard InChI is InChI=1S/C8H24N2O5Si2.C2H8O4Si.6CH3.4K.2W/c9-5-1-3-7-16(11,12)15-17(13,14)8-4-2-6-10;1-5-7(3,4)6-2;;;;;;;;;;;;/h11-14H,1-10H2;3-4H,1-2H3;6*1H3;;;;;;/q;;6*-1;;;;;;. The molecule has 10 N–H and O–H groups in total. The predicted molar refractivity (Wildman–Crippen MR) is 153 cm³/mol. The van der Waals surface area contributed by atoms with Gasteiger partial charge in [-0.05, 0) is 38.8 Å². The van der Waals surface area contributed by atoms with Gasteiger partial charge in [0, 0.05) is 68.4 Å². The number of hydrogen-bond donors (Lipinski definition) is 8. The quantitative estimate of drug-likeness (QED) is 0.0624. The van der Waals surface area contributed by atoms with Crippen LogP contribution in [0.3, 0.4) is 0 Å². The zero-order valence-corrected chi connectivity index (χ0v) is 46.4. The van der Waals surface area contributed by atoms with Crippen LogP contribution in [0, 0.1) is 44.6 Å². The Morgan fingerprint density at radius 1 is 0.556 bits per heavy atom. The van der Waals surface area contributed by atoms with Gasteiger partial charge in [-0.25, -0.2) is 0 Å². The van der Waals surface area contributed by atoms with Crippen LogP contribution in [-0.2, 0) is 55.1 Å². The molecule has 0 saturated carbocycles. The van der Waals surface area contributed by atoms with Gasteiger partial charge in [0.2, 0.25) is 0 Å². The molecule has 0 radical (unpaired) electrons. The van der Waals surface area contributed by atoms with Crippen LogP contribution in [0.15, 0.2) is 0 Å². The number of nitrogens with two attached hydrogens (primary N) is 2. The first-order valence-electron chi connectivity index (χ1n) is 9.50. The fraction of sp³-hybridized carbons (Fsp3) is 0.625. The molecule has 0 bridgehead atoms. The van der Waals surface area contributed by atoms with E-state index in [2.05, 4.69) is 8.85 Å². The minimum absolute atomic E-state index is 0. The number of unbranched alkanes of at least 4 members (excludes halogenated alkanes) is 2. The largest absolute Gasteiger partial charge is 0 e. The molecule has 0 atom stereocenters. The molecule has 0 heterocycles. The fourth-order valence-electron chi connectivity index (χ4n) is 1.45. The second-order valence-electron chi connectivity index (χ2n) is 5.04. The van der Waals surface area contributed by atoms with E-state index in [1.54, 1.807) is 0 Å². The minimum Gasteiger partial charge on any atom is 0 e. The van der Waals surface area contributed by atoms with Crippen molar-refractivity contribution >= 4 is 153 Å². The summed E-state index contributed by atoms with van der Waals surface area (Å²) in [6.07, 6.45) is 2.31. The van der Waals surface area contributed by atoms with Gasteiger partial charge in [0.05, 0.1) is 0 Å². The average Bonchev–Trinajstić information content (AvgIpc) is 2.65. The number of rotatable bonds is 12. The van der Waals surface area contributed by atoms with Crippen LogP contribution in [0.5, 0.6) is 0 Å². The Hall–Kier alpha value is 8.13. The van der Waals surface area contributed by atoms with Gasteiger partial charge in [-0.3, -0.25) is 0 Å². The topological polar surface area (TPSA) is 201 Å². The van der Waals surface area contributed by atoms with Crippen molar-refractivity contribution in [2.75, 3.05) is 27.3 Å². The molecule has 0 rings (SSSR count). The molecular formula is C16H50K4N2O9Si3W2-6. The van der Waals surface area contributed by atoms with Crippen molar-refractivity contribution in [2.24, 2.45) is 11.5 Å². The molecule has 0 aromatic carbocycles. The van der Waals surface area contributed by atoms with E-state index in [9.17, 15) is 19.2 Å². The Morgan fingerprint density at radius 3 is 0.917 bits per heavy atom. The maximum Gasteiger partial charge on any atom is 0 e. The summed E-state index contributed by atoms with van der Waals surface area (Å²) in [6, 6.07) is 0.0773. The summed E-state index contributed by atoms with van der Waals surface area (Å²) in [5.41, 5.74) is 10.6.